The van der Waals surface area contributed by atoms with Crippen LogP contribution in [0.1, 0.15) is 22.8 Å². The Labute approximate surface area is 122 Å². The van der Waals surface area contributed by atoms with Crippen molar-refractivity contribution in [1.29, 1.82) is 0 Å². The molecule has 0 spiro atoms. The van der Waals surface area contributed by atoms with E-state index in [4.69, 9.17) is 17.3 Å². The third-order valence-corrected chi connectivity index (χ3v) is 4.17. The molecule has 19 heavy (non-hydrogen) atoms. The molecular formula is C15H14ClNOS. The highest BCUT2D eigenvalue weighted by atomic mass is 35.5. The molecule has 0 saturated heterocycles. The van der Waals surface area contributed by atoms with E-state index < -0.39 is 0 Å². The first-order valence-electron chi connectivity index (χ1n) is 5.84. The summed E-state index contributed by atoms with van der Waals surface area (Å²) in [6.45, 7) is 1.52. The number of Topliss-reactive ketones (excluding diaryl/α,β-unsaturated/α-hetero) is 1. The lowest BCUT2D eigenvalue weighted by molar-refractivity contribution is 0.101. The van der Waals surface area contributed by atoms with Gasteiger partial charge in [-0.3, -0.25) is 4.79 Å². The molecule has 0 amide bonds. The largest absolute Gasteiger partial charge is 0.398 e. The van der Waals surface area contributed by atoms with E-state index in [1.807, 2.05) is 36.4 Å². The summed E-state index contributed by atoms with van der Waals surface area (Å²) in [7, 11) is 0. The van der Waals surface area contributed by atoms with E-state index >= 15 is 0 Å². The van der Waals surface area contributed by atoms with Gasteiger partial charge < -0.3 is 5.73 Å². The molecular weight excluding hydrogens is 278 g/mol. The van der Waals surface area contributed by atoms with E-state index in [1.54, 1.807) is 17.8 Å². The summed E-state index contributed by atoms with van der Waals surface area (Å²) in [5, 5.41) is 0.767. The molecule has 0 bridgehead atoms. The molecule has 0 fully saturated rings. The maximum absolute atomic E-state index is 11.3. The van der Waals surface area contributed by atoms with Crippen LogP contribution in [0.2, 0.25) is 5.02 Å². The Hall–Kier alpha value is -1.45. The number of rotatable bonds is 4. The number of anilines is 1. The van der Waals surface area contributed by atoms with Crippen molar-refractivity contribution in [2.24, 2.45) is 0 Å². The Kier molecular flexibility index (Phi) is 4.51. The normalized spacial score (nSPS) is 10.4. The van der Waals surface area contributed by atoms with Crippen LogP contribution in [0.3, 0.4) is 0 Å². The lowest BCUT2D eigenvalue weighted by Crippen LogP contribution is -1.99. The molecule has 98 valence electrons. The fourth-order valence-electron chi connectivity index (χ4n) is 1.73. The van der Waals surface area contributed by atoms with E-state index in [0.29, 0.717) is 11.3 Å². The van der Waals surface area contributed by atoms with E-state index in [0.717, 1.165) is 21.2 Å². The highest BCUT2D eigenvalue weighted by Crippen LogP contribution is 2.28. The average molecular weight is 292 g/mol. The van der Waals surface area contributed by atoms with Crippen molar-refractivity contribution in [2.75, 3.05) is 5.73 Å². The Balaban J connectivity index is 2.11. The van der Waals surface area contributed by atoms with Crippen LogP contribution in [0.4, 0.5) is 5.69 Å². The Morgan fingerprint density at radius 3 is 2.63 bits per heavy atom. The van der Waals surface area contributed by atoms with Gasteiger partial charge in [0.1, 0.15) is 0 Å². The predicted octanol–water partition coefficient (Wildman–Crippen LogP) is 4.42. The minimum absolute atomic E-state index is 0.0137. The molecule has 0 aliphatic rings. The lowest BCUT2D eigenvalue weighted by atomic mass is 10.1. The SMILES string of the molecule is CC(=O)c1ccc(SCc2ccccc2Cl)cc1N. The van der Waals surface area contributed by atoms with Crippen molar-refractivity contribution in [2.45, 2.75) is 17.6 Å². The fourth-order valence-corrected chi connectivity index (χ4v) is 2.96. The zero-order chi connectivity index (χ0) is 13.8. The van der Waals surface area contributed by atoms with Crippen molar-refractivity contribution < 1.29 is 4.79 Å². The number of carbonyl (C=O) groups is 1. The second kappa shape index (κ2) is 6.13. The van der Waals surface area contributed by atoms with Crippen LogP contribution in [-0.4, -0.2) is 5.78 Å². The van der Waals surface area contributed by atoms with Gasteiger partial charge in [-0.2, -0.15) is 0 Å². The van der Waals surface area contributed by atoms with E-state index in [1.165, 1.54) is 6.92 Å². The molecule has 0 unspecified atom stereocenters. The second-order valence-electron chi connectivity index (χ2n) is 4.19. The summed E-state index contributed by atoms with van der Waals surface area (Å²) in [4.78, 5) is 12.3. The van der Waals surface area contributed by atoms with Gasteiger partial charge >= 0.3 is 0 Å². The van der Waals surface area contributed by atoms with E-state index in [9.17, 15) is 4.79 Å². The molecule has 0 saturated carbocycles. The average Bonchev–Trinajstić information content (AvgIpc) is 2.37. The van der Waals surface area contributed by atoms with Gasteiger partial charge in [-0.05, 0) is 36.8 Å². The van der Waals surface area contributed by atoms with Crippen molar-refractivity contribution in [1.82, 2.24) is 0 Å². The first kappa shape index (κ1) is 14.0. The first-order chi connectivity index (χ1) is 9.08. The number of benzene rings is 2. The van der Waals surface area contributed by atoms with Crippen LogP contribution in [0.5, 0.6) is 0 Å². The summed E-state index contributed by atoms with van der Waals surface area (Å²) < 4.78 is 0. The predicted molar refractivity (Wildman–Crippen MR) is 81.9 cm³/mol. The molecule has 0 atom stereocenters. The quantitative estimate of drug-likeness (QED) is 0.515. The molecule has 0 aliphatic carbocycles. The third kappa shape index (κ3) is 3.52. The third-order valence-electron chi connectivity index (χ3n) is 2.75. The molecule has 0 heterocycles. The van der Waals surface area contributed by atoms with Crippen LogP contribution in [0.15, 0.2) is 47.4 Å². The van der Waals surface area contributed by atoms with Crippen molar-refractivity contribution in [3.8, 4) is 0 Å². The number of hydrogen-bond donors (Lipinski definition) is 1. The maximum atomic E-state index is 11.3. The molecule has 2 rings (SSSR count). The van der Waals surface area contributed by atoms with Gasteiger partial charge in [0, 0.05) is 26.9 Å². The number of nitrogen functional groups attached to an aromatic ring is 1. The first-order valence-corrected chi connectivity index (χ1v) is 7.21. The van der Waals surface area contributed by atoms with Crippen LogP contribution in [-0.2, 0) is 5.75 Å². The molecule has 2 aromatic rings. The number of nitrogens with two attached hydrogens (primary N) is 1. The van der Waals surface area contributed by atoms with Crippen LogP contribution < -0.4 is 5.73 Å². The summed E-state index contributed by atoms with van der Waals surface area (Å²) in [5.74, 6) is 0.763. The molecule has 2 N–H and O–H groups in total. The standard InChI is InChI=1S/C15H14ClNOS/c1-10(18)13-7-6-12(8-15(13)17)19-9-11-4-2-3-5-14(11)16/h2-8H,9,17H2,1H3. The fraction of sp³-hybridized carbons (Fsp3) is 0.133. The molecule has 0 aliphatic heterocycles. The molecule has 0 radical (unpaired) electrons. The van der Waals surface area contributed by atoms with Crippen molar-refractivity contribution in [3.05, 3.63) is 58.6 Å². The molecule has 0 aromatic heterocycles. The number of hydrogen-bond acceptors (Lipinski definition) is 3. The Bertz CT molecular complexity index is 613. The van der Waals surface area contributed by atoms with Crippen molar-refractivity contribution >= 4 is 34.8 Å². The van der Waals surface area contributed by atoms with Gasteiger partial charge in [-0.25, -0.2) is 0 Å². The summed E-state index contributed by atoms with van der Waals surface area (Å²) in [6, 6.07) is 13.3. The van der Waals surface area contributed by atoms with Gasteiger partial charge in [0.2, 0.25) is 0 Å². The van der Waals surface area contributed by atoms with Crippen LogP contribution in [0.25, 0.3) is 0 Å². The Morgan fingerprint density at radius 2 is 2.00 bits per heavy atom. The van der Waals surface area contributed by atoms with Gasteiger partial charge in [-0.15, -0.1) is 11.8 Å². The minimum Gasteiger partial charge on any atom is -0.398 e. The summed E-state index contributed by atoms with van der Waals surface area (Å²) in [6.07, 6.45) is 0. The number of ketones is 1. The van der Waals surface area contributed by atoms with E-state index in [-0.39, 0.29) is 5.78 Å². The van der Waals surface area contributed by atoms with Gasteiger partial charge in [0.15, 0.2) is 5.78 Å². The highest BCUT2D eigenvalue weighted by molar-refractivity contribution is 7.98. The summed E-state index contributed by atoms with van der Waals surface area (Å²) >= 11 is 7.75. The van der Waals surface area contributed by atoms with Gasteiger partial charge in [0.05, 0.1) is 0 Å². The molecule has 2 nitrogen and oxygen atoms in total. The number of carbonyl (C=O) groups excluding carboxylic acids is 1. The topological polar surface area (TPSA) is 43.1 Å². The van der Waals surface area contributed by atoms with Gasteiger partial charge in [0.25, 0.3) is 0 Å². The van der Waals surface area contributed by atoms with Crippen LogP contribution in [0, 0.1) is 0 Å². The molecule has 2 aromatic carbocycles. The van der Waals surface area contributed by atoms with Crippen LogP contribution >= 0.6 is 23.4 Å². The number of halogens is 1. The second-order valence-corrected chi connectivity index (χ2v) is 5.64. The number of thioether (sulfide) groups is 1. The van der Waals surface area contributed by atoms with Crippen molar-refractivity contribution in [3.63, 3.8) is 0 Å². The molecule has 4 heteroatoms. The lowest BCUT2D eigenvalue weighted by Gasteiger charge is -2.07. The smallest absolute Gasteiger partial charge is 0.161 e. The minimum atomic E-state index is -0.0137. The zero-order valence-corrected chi connectivity index (χ0v) is 12.1. The maximum Gasteiger partial charge on any atom is 0.161 e. The van der Waals surface area contributed by atoms with Gasteiger partial charge in [-0.1, -0.05) is 29.8 Å². The highest BCUT2D eigenvalue weighted by Gasteiger charge is 2.06. The Morgan fingerprint density at radius 1 is 1.26 bits per heavy atom. The summed E-state index contributed by atoms with van der Waals surface area (Å²) in [5.41, 5.74) is 8.04. The monoisotopic (exact) mass is 291 g/mol. The zero-order valence-electron chi connectivity index (χ0n) is 10.5. The van der Waals surface area contributed by atoms with E-state index in [2.05, 4.69) is 0 Å².